The summed E-state index contributed by atoms with van der Waals surface area (Å²) in [6, 6.07) is 70.4. The number of rotatable bonds is 4. The van der Waals surface area contributed by atoms with Crippen LogP contribution in [0.2, 0.25) is 0 Å². The first-order chi connectivity index (χ1) is 27.3. The molecule has 3 heterocycles. The SMILES string of the molecule is c1cc(-c2cccc3ccccc23)cc(-n2c3ccccc3c3ccc(-c4ccc5c(c4)c4ccccc4n5-c4ccc5oc6ccccc6c5c4)cc32)c1. The van der Waals surface area contributed by atoms with Crippen LogP contribution in [0.25, 0.3) is 110 Å². The van der Waals surface area contributed by atoms with E-state index in [9.17, 15) is 0 Å². The van der Waals surface area contributed by atoms with Crippen LogP contribution in [0.5, 0.6) is 0 Å². The van der Waals surface area contributed by atoms with Crippen molar-refractivity contribution in [3.63, 3.8) is 0 Å². The van der Waals surface area contributed by atoms with Gasteiger partial charge in [0.15, 0.2) is 0 Å². The molecule has 0 aliphatic rings. The minimum absolute atomic E-state index is 0.904. The van der Waals surface area contributed by atoms with Gasteiger partial charge in [0.05, 0.1) is 22.1 Å². The molecule has 3 aromatic heterocycles. The molecule has 0 amide bonds. The van der Waals surface area contributed by atoms with E-state index in [4.69, 9.17) is 4.42 Å². The quantitative estimate of drug-likeness (QED) is 0.179. The molecule has 0 fully saturated rings. The fourth-order valence-electron chi connectivity index (χ4n) is 9.00. The van der Waals surface area contributed by atoms with E-state index in [-0.39, 0.29) is 0 Å². The summed E-state index contributed by atoms with van der Waals surface area (Å²) in [5.41, 5.74) is 13.7. The molecule has 0 N–H and O–H groups in total. The van der Waals surface area contributed by atoms with E-state index >= 15 is 0 Å². The van der Waals surface area contributed by atoms with E-state index in [1.807, 2.05) is 12.1 Å². The van der Waals surface area contributed by atoms with Crippen LogP contribution in [0, 0.1) is 0 Å². The van der Waals surface area contributed by atoms with Gasteiger partial charge in [0, 0.05) is 43.7 Å². The molecule has 0 atom stereocenters. The van der Waals surface area contributed by atoms with Crippen LogP contribution >= 0.6 is 0 Å². The van der Waals surface area contributed by atoms with Gasteiger partial charge in [-0.2, -0.15) is 0 Å². The summed E-state index contributed by atoms with van der Waals surface area (Å²) in [7, 11) is 0. The molecule has 3 nitrogen and oxygen atoms in total. The summed E-state index contributed by atoms with van der Waals surface area (Å²) in [6.07, 6.45) is 0. The van der Waals surface area contributed by atoms with Crippen molar-refractivity contribution in [2.24, 2.45) is 0 Å². The topological polar surface area (TPSA) is 23.0 Å². The van der Waals surface area contributed by atoms with Gasteiger partial charge in [-0.1, -0.05) is 127 Å². The average Bonchev–Trinajstić information content (AvgIpc) is 3.90. The van der Waals surface area contributed by atoms with Crippen LogP contribution in [0.15, 0.2) is 199 Å². The standard InChI is InChI=1S/C52H32N2O/c1-2-15-39-33(11-1)12-10-19-40(39)36-13-9-14-37(29-36)54-47-20-6-3-16-41(47)43-26-23-35(31-50(43)54)34-24-27-49-45(30-34)42-17-4-7-21-48(42)53(49)38-25-28-52-46(32-38)44-18-5-8-22-51(44)55-52/h1-32H. The number of hydrogen-bond acceptors (Lipinski definition) is 1. The first kappa shape index (κ1) is 30.1. The van der Waals surface area contributed by atoms with Gasteiger partial charge in [-0.15, -0.1) is 0 Å². The van der Waals surface area contributed by atoms with Gasteiger partial charge in [-0.3, -0.25) is 0 Å². The van der Waals surface area contributed by atoms with E-state index in [1.54, 1.807) is 0 Å². The molecule has 0 radical (unpaired) electrons. The molecule has 0 saturated heterocycles. The van der Waals surface area contributed by atoms with E-state index in [2.05, 4.69) is 191 Å². The zero-order valence-electron chi connectivity index (χ0n) is 29.8. The van der Waals surface area contributed by atoms with Crippen LogP contribution in [-0.4, -0.2) is 9.13 Å². The smallest absolute Gasteiger partial charge is 0.135 e. The normalized spacial score (nSPS) is 12.0. The van der Waals surface area contributed by atoms with Gasteiger partial charge < -0.3 is 13.6 Å². The Morgan fingerprint density at radius 2 is 0.891 bits per heavy atom. The molecule has 12 aromatic rings. The van der Waals surface area contributed by atoms with E-state index in [1.165, 1.54) is 76.6 Å². The molecule has 0 unspecified atom stereocenters. The van der Waals surface area contributed by atoms with E-state index in [0.717, 1.165) is 33.3 Å². The monoisotopic (exact) mass is 700 g/mol. The second-order valence-corrected chi connectivity index (χ2v) is 14.5. The van der Waals surface area contributed by atoms with Crippen LogP contribution in [0.1, 0.15) is 0 Å². The summed E-state index contributed by atoms with van der Waals surface area (Å²) in [6.45, 7) is 0. The van der Waals surface area contributed by atoms with Gasteiger partial charge in [-0.05, 0) is 99.8 Å². The highest BCUT2D eigenvalue weighted by Gasteiger charge is 2.18. The van der Waals surface area contributed by atoms with E-state index in [0.29, 0.717) is 0 Å². The Balaban J connectivity index is 1.03. The summed E-state index contributed by atoms with van der Waals surface area (Å²) in [5.74, 6) is 0. The maximum atomic E-state index is 6.18. The summed E-state index contributed by atoms with van der Waals surface area (Å²) >= 11 is 0. The predicted octanol–water partition coefficient (Wildman–Crippen LogP) is 14.3. The van der Waals surface area contributed by atoms with Crippen molar-refractivity contribution in [1.29, 1.82) is 0 Å². The lowest BCUT2D eigenvalue weighted by atomic mass is 9.98. The Bertz CT molecular complexity index is 3500. The maximum absolute atomic E-state index is 6.18. The number of furan rings is 1. The van der Waals surface area contributed by atoms with Crippen molar-refractivity contribution in [3.05, 3.63) is 194 Å². The zero-order chi connectivity index (χ0) is 36.0. The lowest BCUT2D eigenvalue weighted by Crippen LogP contribution is -1.95. The maximum Gasteiger partial charge on any atom is 0.135 e. The van der Waals surface area contributed by atoms with Crippen molar-refractivity contribution in [3.8, 4) is 33.6 Å². The molecule has 0 aliphatic heterocycles. The molecule has 0 spiro atoms. The van der Waals surface area contributed by atoms with Gasteiger partial charge in [0.2, 0.25) is 0 Å². The molecule has 0 aliphatic carbocycles. The lowest BCUT2D eigenvalue weighted by Gasteiger charge is -2.12. The largest absolute Gasteiger partial charge is 0.456 e. The second-order valence-electron chi connectivity index (χ2n) is 14.5. The minimum atomic E-state index is 0.904. The van der Waals surface area contributed by atoms with Crippen molar-refractivity contribution in [1.82, 2.24) is 9.13 Å². The molecule has 0 saturated carbocycles. The summed E-state index contributed by atoms with van der Waals surface area (Å²) in [5, 5.41) is 9.73. The molecule has 55 heavy (non-hydrogen) atoms. The molecule has 0 bridgehead atoms. The van der Waals surface area contributed by atoms with Gasteiger partial charge in [-0.25, -0.2) is 0 Å². The Morgan fingerprint density at radius 1 is 0.291 bits per heavy atom. The van der Waals surface area contributed by atoms with Crippen molar-refractivity contribution < 1.29 is 4.42 Å². The van der Waals surface area contributed by atoms with Crippen molar-refractivity contribution in [2.75, 3.05) is 0 Å². The van der Waals surface area contributed by atoms with Crippen molar-refractivity contribution >= 4 is 76.3 Å². The Kier molecular flexibility index (Phi) is 6.34. The highest BCUT2D eigenvalue weighted by Crippen LogP contribution is 2.40. The molecule has 3 heteroatoms. The van der Waals surface area contributed by atoms with Crippen LogP contribution in [0.4, 0.5) is 0 Å². The van der Waals surface area contributed by atoms with Crippen LogP contribution in [-0.2, 0) is 0 Å². The second kappa shape index (κ2) is 11.6. The van der Waals surface area contributed by atoms with Crippen LogP contribution < -0.4 is 0 Å². The third-order valence-electron chi connectivity index (χ3n) is 11.5. The zero-order valence-corrected chi connectivity index (χ0v) is 29.8. The van der Waals surface area contributed by atoms with Gasteiger partial charge >= 0.3 is 0 Å². The lowest BCUT2D eigenvalue weighted by molar-refractivity contribution is 0.669. The highest BCUT2D eigenvalue weighted by atomic mass is 16.3. The summed E-state index contributed by atoms with van der Waals surface area (Å²) < 4.78 is 11.0. The Morgan fingerprint density at radius 3 is 1.76 bits per heavy atom. The first-order valence-corrected chi connectivity index (χ1v) is 18.8. The predicted molar refractivity (Wildman–Crippen MR) is 231 cm³/mol. The third kappa shape index (κ3) is 4.50. The fraction of sp³-hybridized carbons (Fsp3) is 0. The molecule has 9 aromatic carbocycles. The Labute approximate surface area is 316 Å². The molecular weight excluding hydrogens is 669 g/mol. The first-order valence-electron chi connectivity index (χ1n) is 18.8. The Hall–Kier alpha value is -7.36. The highest BCUT2D eigenvalue weighted by molar-refractivity contribution is 6.13. The summed E-state index contributed by atoms with van der Waals surface area (Å²) in [4.78, 5) is 0. The number of benzene rings is 9. The number of aromatic nitrogens is 2. The number of para-hydroxylation sites is 3. The molecule has 256 valence electrons. The van der Waals surface area contributed by atoms with E-state index < -0.39 is 0 Å². The minimum Gasteiger partial charge on any atom is -0.456 e. The average molecular weight is 701 g/mol. The number of nitrogens with zero attached hydrogens (tertiary/aromatic N) is 2. The van der Waals surface area contributed by atoms with Gasteiger partial charge in [0.1, 0.15) is 11.2 Å². The van der Waals surface area contributed by atoms with Crippen LogP contribution in [0.3, 0.4) is 0 Å². The third-order valence-corrected chi connectivity index (χ3v) is 11.5. The van der Waals surface area contributed by atoms with Gasteiger partial charge in [0.25, 0.3) is 0 Å². The molecular formula is C52H32N2O. The number of fused-ring (bicyclic) bond motifs is 10. The number of hydrogen-bond donors (Lipinski definition) is 0. The molecule has 12 rings (SSSR count). The fourth-order valence-corrected chi connectivity index (χ4v) is 9.00. The van der Waals surface area contributed by atoms with Crippen molar-refractivity contribution in [2.45, 2.75) is 0 Å².